The van der Waals surface area contributed by atoms with Gasteiger partial charge in [0.15, 0.2) is 0 Å². The third kappa shape index (κ3) is 2.86. The molecule has 2 aromatic rings. The molecular weight excluding hydrogens is 355 g/mol. The maximum absolute atomic E-state index is 13.1. The molecule has 2 rings (SSSR count). The minimum atomic E-state index is -4.59. The van der Waals surface area contributed by atoms with Gasteiger partial charge in [-0.25, -0.2) is 0 Å². The summed E-state index contributed by atoms with van der Waals surface area (Å²) in [5.74, 6) is 0. The predicted molar refractivity (Wildman–Crippen MR) is 76.9 cm³/mol. The smallest absolute Gasteiger partial charge is 0.166 e. The van der Waals surface area contributed by atoms with E-state index in [1.807, 2.05) is 0 Å². The Morgan fingerprint density at radius 3 is 1.85 bits per heavy atom. The van der Waals surface area contributed by atoms with Crippen molar-refractivity contribution in [3.8, 4) is 11.1 Å². The summed E-state index contributed by atoms with van der Waals surface area (Å²) in [6.45, 7) is 0. The van der Waals surface area contributed by atoms with Crippen molar-refractivity contribution >= 4 is 46.4 Å². The lowest BCUT2D eigenvalue weighted by molar-refractivity contribution is -0.137. The highest BCUT2D eigenvalue weighted by atomic mass is 35.5. The van der Waals surface area contributed by atoms with Gasteiger partial charge in [-0.2, -0.15) is 13.2 Å². The zero-order valence-electron chi connectivity index (χ0n) is 9.53. The van der Waals surface area contributed by atoms with Gasteiger partial charge >= 0.3 is 6.18 Å². The summed E-state index contributed by atoms with van der Waals surface area (Å²) in [6, 6.07) is 6.23. The lowest BCUT2D eigenvalue weighted by Gasteiger charge is -2.17. The van der Waals surface area contributed by atoms with Gasteiger partial charge < -0.3 is 0 Å². The van der Waals surface area contributed by atoms with Gasteiger partial charge in [0, 0.05) is 16.1 Å². The largest absolute Gasteiger partial charge is 0.417 e. The molecule has 0 bridgehead atoms. The Hall–Kier alpha value is -0.610. The molecular formula is C13H5Cl4F3. The highest BCUT2D eigenvalue weighted by molar-refractivity contribution is 6.47. The van der Waals surface area contributed by atoms with Gasteiger partial charge in [-0.3, -0.25) is 0 Å². The average Bonchev–Trinajstić information content (AvgIpc) is 2.35. The molecule has 0 aliphatic heterocycles. The highest BCUT2D eigenvalue weighted by Crippen LogP contribution is 2.47. The summed E-state index contributed by atoms with van der Waals surface area (Å²) in [5, 5.41) is -0.0410. The van der Waals surface area contributed by atoms with E-state index in [0.717, 1.165) is 6.07 Å². The molecule has 0 N–H and O–H groups in total. The Morgan fingerprint density at radius 1 is 0.700 bits per heavy atom. The molecule has 7 heteroatoms. The molecule has 0 aliphatic rings. The van der Waals surface area contributed by atoms with Crippen LogP contribution in [-0.4, -0.2) is 0 Å². The van der Waals surface area contributed by atoms with Gasteiger partial charge in [0.1, 0.15) is 0 Å². The number of rotatable bonds is 1. The van der Waals surface area contributed by atoms with E-state index in [-0.39, 0.29) is 31.2 Å². The summed E-state index contributed by atoms with van der Waals surface area (Å²) in [7, 11) is 0. The molecule has 0 saturated heterocycles. The Balaban J connectivity index is 2.87. The van der Waals surface area contributed by atoms with Gasteiger partial charge in [0.2, 0.25) is 0 Å². The van der Waals surface area contributed by atoms with Gasteiger partial charge in [-0.1, -0.05) is 52.5 Å². The van der Waals surface area contributed by atoms with E-state index in [0.29, 0.717) is 0 Å². The van der Waals surface area contributed by atoms with Crippen molar-refractivity contribution in [1.29, 1.82) is 0 Å². The molecule has 106 valence electrons. The Labute approximate surface area is 133 Å². The van der Waals surface area contributed by atoms with Crippen LogP contribution in [0.5, 0.6) is 0 Å². The Morgan fingerprint density at radius 2 is 1.25 bits per heavy atom. The van der Waals surface area contributed by atoms with Crippen LogP contribution in [0.3, 0.4) is 0 Å². The van der Waals surface area contributed by atoms with Crippen molar-refractivity contribution in [2.75, 3.05) is 0 Å². The second-order valence-electron chi connectivity index (χ2n) is 3.88. The Bertz CT molecular complexity index is 665. The third-order valence-electron chi connectivity index (χ3n) is 2.61. The van der Waals surface area contributed by atoms with Crippen LogP contribution in [0.4, 0.5) is 13.2 Å². The molecule has 0 radical (unpaired) electrons. The minimum Gasteiger partial charge on any atom is -0.166 e. The van der Waals surface area contributed by atoms with E-state index in [1.165, 1.54) is 24.3 Å². The van der Waals surface area contributed by atoms with E-state index in [4.69, 9.17) is 46.4 Å². The van der Waals surface area contributed by atoms with Crippen LogP contribution in [0.15, 0.2) is 30.3 Å². The maximum Gasteiger partial charge on any atom is 0.417 e. The topological polar surface area (TPSA) is 0 Å². The third-order valence-corrected chi connectivity index (χ3v) is 4.05. The summed E-state index contributed by atoms with van der Waals surface area (Å²) in [4.78, 5) is 0. The van der Waals surface area contributed by atoms with Crippen molar-refractivity contribution in [2.45, 2.75) is 6.18 Å². The van der Waals surface area contributed by atoms with E-state index in [1.54, 1.807) is 0 Å². The standard InChI is InChI=1S/C13H5Cl4F3/c14-7-3-1-2-6(13(18,19)20)10(7)11-8(15)4-5-9(16)12(11)17/h1-5H. The predicted octanol–water partition coefficient (Wildman–Crippen LogP) is 6.99. The molecule has 0 aliphatic carbocycles. The van der Waals surface area contributed by atoms with Crippen LogP contribution in [0.25, 0.3) is 11.1 Å². The number of hydrogen-bond acceptors (Lipinski definition) is 0. The van der Waals surface area contributed by atoms with Crippen LogP contribution in [-0.2, 0) is 6.18 Å². The van der Waals surface area contributed by atoms with Gasteiger partial charge in [0.25, 0.3) is 0 Å². The molecule has 0 amide bonds. The molecule has 2 aromatic carbocycles. The summed E-state index contributed by atoms with van der Waals surface area (Å²) < 4.78 is 39.3. The first-order valence-electron chi connectivity index (χ1n) is 5.23. The molecule has 0 nitrogen and oxygen atoms in total. The van der Waals surface area contributed by atoms with Gasteiger partial charge in [-0.15, -0.1) is 0 Å². The fourth-order valence-electron chi connectivity index (χ4n) is 1.77. The second kappa shape index (κ2) is 5.64. The first-order chi connectivity index (χ1) is 9.23. The summed E-state index contributed by atoms with van der Waals surface area (Å²) >= 11 is 23.7. The van der Waals surface area contributed by atoms with E-state index in [2.05, 4.69) is 0 Å². The normalized spacial score (nSPS) is 11.8. The molecule has 0 aromatic heterocycles. The van der Waals surface area contributed by atoms with Crippen LogP contribution in [0.1, 0.15) is 5.56 Å². The van der Waals surface area contributed by atoms with Crippen LogP contribution in [0.2, 0.25) is 20.1 Å². The second-order valence-corrected chi connectivity index (χ2v) is 5.48. The first kappa shape index (κ1) is 15.8. The number of benzene rings is 2. The molecule has 0 saturated carbocycles. The molecule has 0 heterocycles. The lowest BCUT2D eigenvalue weighted by Crippen LogP contribution is -2.07. The van der Waals surface area contributed by atoms with Crippen molar-refractivity contribution in [1.82, 2.24) is 0 Å². The minimum absolute atomic E-state index is 0.0289. The van der Waals surface area contributed by atoms with Crippen molar-refractivity contribution in [2.24, 2.45) is 0 Å². The van der Waals surface area contributed by atoms with Crippen molar-refractivity contribution in [3.63, 3.8) is 0 Å². The fraction of sp³-hybridized carbons (Fsp3) is 0.0769. The molecule has 0 spiro atoms. The van der Waals surface area contributed by atoms with Crippen molar-refractivity contribution < 1.29 is 13.2 Å². The maximum atomic E-state index is 13.1. The first-order valence-corrected chi connectivity index (χ1v) is 6.74. The van der Waals surface area contributed by atoms with Gasteiger partial charge in [-0.05, 0) is 24.3 Å². The fourth-order valence-corrected chi connectivity index (χ4v) is 2.76. The van der Waals surface area contributed by atoms with Crippen LogP contribution < -0.4 is 0 Å². The van der Waals surface area contributed by atoms with E-state index >= 15 is 0 Å². The highest BCUT2D eigenvalue weighted by Gasteiger charge is 2.35. The molecule has 20 heavy (non-hydrogen) atoms. The number of halogens is 7. The van der Waals surface area contributed by atoms with Gasteiger partial charge in [0.05, 0.1) is 20.6 Å². The van der Waals surface area contributed by atoms with E-state index in [9.17, 15) is 13.2 Å². The monoisotopic (exact) mass is 358 g/mol. The Kier molecular flexibility index (Phi) is 4.45. The molecule has 0 atom stereocenters. The zero-order valence-corrected chi connectivity index (χ0v) is 12.6. The number of alkyl halides is 3. The van der Waals surface area contributed by atoms with Crippen LogP contribution in [0, 0.1) is 0 Å². The van der Waals surface area contributed by atoms with Crippen molar-refractivity contribution in [3.05, 3.63) is 56.0 Å². The SMILES string of the molecule is FC(F)(F)c1cccc(Cl)c1-c1c(Cl)ccc(Cl)c1Cl. The quantitative estimate of drug-likeness (QED) is 0.481. The molecule has 0 unspecified atom stereocenters. The average molecular weight is 360 g/mol. The lowest BCUT2D eigenvalue weighted by atomic mass is 9.99. The number of hydrogen-bond donors (Lipinski definition) is 0. The molecule has 0 fully saturated rings. The summed E-state index contributed by atoms with van der Waals surface area (Å²) in [5.41, 5.74) is -1.23. The summed E-state index contributed by atoms with van der Waals surface area (Å²) in [6.07, 6.45) is -4.59. The van der Waals surface area contributed by atoms with E-state index < -0.39 is 11.7 Å². The van der Waals surface area contributed by atoms with Crippen LogP contribution >= 0.6 is 46.4 Å². The zero-order chi connectivity index (χ0) is 15.1.